The third kappa shape index (κ3) is 6.68. The SMILES string of the molecule is O=C(CCc1ccccc1)NC(=S)Nc1cccc(C(=O)N2CCCCCC2)c1. The van der Waals surface area contributed by atoms with Crippen LogP contribution in [0.3, 0.4) is 0 Å². The van der Waals surface area contributed by atoms with Crippen molar-refractivity contribution in [3.8, 4) is 0 Å². The Balaban J connectivity index is 1.51. The Morgan fingerprint density at radius 1 is 0.931 bits per heavy atom. The Bertz CT molecular complexity index is 846. The van der Waals surface area contributed by atoms with Gasteiger partial charge in [0.05, 0.1) is 0 Å². The number of anilines is 1. The van der Waals surface area contributed by atoms with Crippen molar-refractivity contribution in [1.82, 2.24) is 10.2 Å². The van der Waals surface area contributed by atoms with Crippen LogP contribution in [0.25, 0.3) is 0 Å². The largest absolute Gasteiger partial charge is 0.339 e. The monoisotopic (exact) mass is 409 g/mol. The van der Waals surface area contributed by atoms with E-state index in [2.05, 4.69) is 10.6 Å². The van der Waals surface area contributed by atoms with Gasteiger partial charge in [0.15, 0.2) is 5.11 Å². The summed E-state index contributed by atoms with van der Waals surface area (Å²) >= 11 is 5.26. The summed E-state index contributed by atoms with van der Waals surface area (Å²) in [5, 5.41) is 5.95. The maximum Gasteiger partial charge on any atom is 0.253 e. The molecule has 2 N–H and O–H groups in total. The molecule has 2 aromatic rings. The second kappa shape index (κ2) is 10.7. The number of carbonyl (C=O) groups excluding carboxylic acids is 2. The van der Waals surface area contributed by atoms with Gasteiger partial charge < -0.3 is 15.5 Å². The highest BCUT2D eigenvalue weighted by Crippen LogP contribution is 2.16. The highest BCUT2D eigenvalue weighted by atomic mass is 32.1. The van der Waals surface area contributed by atoms with E-state index in [1.54, 1.807) is 6.07 Å². The summed E-state index contributed by atoms with van der Waals surface area (Å²) in [6.07, 6.45) is 5.51. The Kier molecular flexibility index (Phi) is 7.76. The number of amides is 2. The van der Waals surface area contributed by atoms with Crippen molar-refractivity contribution in [1.29, 1.82) is 0 Å². The average Bonchev–Trinajstić information content (AvgIpc) is 3.02. The van der Waals surface area contributed by atoms with E-state index >= 15 is 0 Å². The molecule has 6 heteroatoms. The third-order valence-electron chi connectivity index (χ3n) is 5.00. The van der Waals surface area contributed by atoms with Gasteiger partial charge in [-0.3, -0.25) is 9.59 Å². The van der Waals surface area contributed by atoms with Crippen LogP contribution in [0.5, 0.6) is 0 Å². The minimum Gasteiger partial charge on any atom is -0.339 e. The smallest absolute Gasteiger partial charge is 0.253 e. The molecule has 1 aliphatic heterocycles. The zero-order valence-electron chi connectivity index (χ0n) is 16.5. The first-order valence-electron chi connectivity index (χ1n) is 10.2. The molecule has 1 aliphatic rings. The lowest BCUT2D eigenvalue weighted by molar-refractivity contribution is -0.119. The molecule has 5 nitrogen and oxygen atoms in total. The highest BCUT2D eigenvalue weighted by molar-refractivity contribution is 7.80. The summed E-state index contributed by atoms with van der Waals surface area (Å²) in [7, 11) is 0. The molecule has 0 atom stereocenters. The zero-order valence-corrected chi connectivity index (χ0v) is 17.3. The molecule has 0 bridgehead atoms. The van der Waals surface area contributed by atoms with Gasteiger partial charge in [-0.15, -0.1) is 0 Å². The van der Waals surface area contributed by atoms with Crippen LogP contribution in [0.4, 0.5) is 5.69 Å². The Morgan fingerprint density at radius 3 is 2.38 bits per heavy atom. The van der Waals surface area contributed by atoms with Crippen LogP contribution < -0.4 is 10.6 Å². The van der Waals surface area contributed by atoms with Gasteiger partial charge in [0.1, 0.15) is 0 Å². The van der Waals surface area contributed by atoms with Gasteiger partial charge in [-0.25, -0.2) is 0 Å². The normalized spacial score (nSPS) is 14.0. The number of thiocarbonyl (C=S) groups is 1. The van der Waals surface area contributed by atoms with E-state index in [0.29, 0.717) is 24.1 Å². The number of benzene rings is 2. The molecule has 0 aliphatic carbocycles. The number of nitrogens with one attached hydrogen (secondary N) is 2. The summed E-state index contributed by atoms with van der Waals surface area (Å²) in [6, 6.07) is 17.1. The van der Waals surface area contributed by atoms with Gasteiger partial charge in [-0.05, 0) is 55.2 Å². The first kappa shape index (κ1) is 21.0. The molecular weight excluding hydrogens is 382 g/mol. The van der Waals surface area contributed by atoms with Gasteiger partial charge in [0.2, 0.25) is 5.91 Å². The number of hydrogen-bond acceptors (Lipinski definition) is 3. The van der Waals surface area contributed by atoms with Crippen molar-refractivity contribution in [2.24, 2.45) is 0 Å². The lowest BCUT2D eigenvalue weighted by atomic mass is 10.1. The minimum absolute atomic E-state index is 0.0494. The fourth-order valence-electron chi connectivity index (χ4n) is 3.44. The molecule has 29 heavy (non-hydrogen) atoms. The molecule has 2 aromatic carbocycles. The second-order valence-corrected chi connectivity index (χ2v) is 7.68. The Labute approximate surface area is 177 Å². The molecule has 0 saturated carbocycles. The zero-order chi connectivity index (χ0) is 20.5. The number of rotatable bonds is 5. The standard InChI is InChI=1S/C23H27N3O2S/c27-21(14-13-18-9-4-3-5-10-18)25-23(29)24-20-12-8-11-19(17-20)22(28)26-15-6-1-2-7-16-26/h3-5,8-12,17H,1-2,6-7,13-16H2,(H2,24,25,27,29). The predicted octanol–water partition coefficient (Wildman–Crippen LogP) is 4.15. The van der Waals surface area contributed by atoms with E-state index in [1.807, 2.05) is 53.4 Å². The fraction of sp³-hybridized carbons (Fsp3) is 0.348. The number of carbonyl (C=O) groups is 2. The van der Waals surface area contributed by atoms with Crippen LogP contribution in [0, 0.1) is 0 Å². The van der Waals surface area contributed by atoms with Crippen LogP contribution in [0.2, 0.25) is 0 Å². The van der Waals surface area contributed by atoms with Crippen molar-refractivity contribution in [3.05, 3.63) is 65.7 Å². The topological polar surface area (TPSA) is 61.4 Å². The van der Waals surface area contributed by atoms with Gasteiger partial charge in [0.25, 0.3) is 5.91 Å². The lowest BCUT2D eigenvalue weighted by Gasteiger charge is -2.20. The van der Waals surface area contributed by atoms with Crippen molar-refractivity contribution in [2.45, 2.75) is 38.5 Å². The minimum atomic E-state index is -0.136. The molecule has 1 saturated heterocycles. The van der Waals surface area contributed by atoms with E-state index in [4.69, 9.17) is 12.2 Å². The summed E-state index contributed by atoms with van der Waals surface area (Å²) < 4.78 is 0. The molecule has 1 heterocycles. The molecule has 152 valence electrons. The van der Waals surface area contributed by atoms with Crippen LogP contribution in [0.1, 0.15) is 48.0 Å². The number of hydrogen-bond donors (Lipinski definition) is 2. The van der Waals surface area contributed by atoms with Crippen molar-refractivity contribution in [2.75, 3.05) is 18.4 Å². The summed E-state index contributed by atoms with van der Waals surface area (Å²) in [4.78, 5) is 26.8. The molecule has 0 unspecified atom stereocenters. The first-order valence-corrected chi connectivity index (χ1v) is 10.6. The van der Waals surface area contributed by atoms with Gasteiger partial charge in [-0.2, -0.15) is 0 Å². The van der Waals surface area contributed by atoms with Crippen LogP contribution in [-0.4, -0.2) is 34.9 Å². The summed E-state index contributed by atoms with van der Waals surface area (Å²) in [5.41, 5.74) is 2.44. The Hall–Kier alpha value is -2.73. The van der Waals surface area contributed by atoms with E-state index < -0.39 is 0 Å². The van der Waals surface area contributed by atoms with Crippen LogP contribution in [-0.2, 0) is 11.2 Å². The molecule has 3 rings (SSSR count). The molecule has 0 aromatic heterocycles. The summed E-state index contributed by atoms with van der Waals surface area (Å²) in [6.45, 7) is 1.62. The molecule has 2 amide bonds. The molecular formula is C23H27N3O2S. The van der Waals surface area contributed by atoms with Gasteiger partial charge in [-0.1, -0.05) is 49.2 Å². The lowest BCUT2D eigenvalue weighted by Crippen LogP contribution is -2.34. The predicted molar refractivity (Wildman–Crippen MR) is 120 cm³/mol. The van der Waals surface area contributed by atoms with Gasteiger partial charge in [0, 0.05) is 30.8 Å². The summed E-state index contributed by atoms with van der Waals surface area (Å²) in [5.74, 6) is -0.0866. The third-order valence-corrected chi connectivity index (χ3v) is 5.20. The van der Waals surface area contributed by atoms with Gasteiger partial charge >= 0.3 is 0 Å². The fourth-order valence-corrected chi connectivity index (χ4v) is 3.67. The van der Waals surface area contributed by atoms with E-state index in [1.165, 1.54) is 12.8 Å². The maximum absolute atomic E-state index is 12.8. The van der Waals surface area contributed by atoms with Crippen molar-refractivity contribution < 1.29 is 9.59 Å². The quantitative estimate of drug-likeness (QED) is 0.729. The Morgan fingerprint density at radius 2 is 1.66 bits per heavy atom. The van der Waals surface area contributed by atoms with E-state index in [9.17, 15) is 9.59 Å². The molecule has 0 spiro atoms. The van der Waals surface area contributed by atoms with E-state index in [-0.39, 0.29) is 16.9 Å². The van der Waals surface area contributed by atoms with Crippen molar-refractivity contribution >= 4 is 34.8 Å². The molecule has 1 fully saturated rings. The molecule has 0 radical (unpaired) electrons. The second-order valence-electron chi connectivity index (χ2n) is 7.28. The number of aryl methyl sites for hydroxylation is 1. The van der Waals surface area contributed by atoms with Crippen molar-refractivity contribution in [3.63, 3.8) is 0 Å². The first-order chi connectivity index (χ1) is 14.1. The average molecular weight is 410 g/mol. The van der Waals surface area contributed by atoms with Crippen LogP contribution in [0.15, 0.2) is 54.6 Å². The number of nitrogens with zero attached hydrogens (tertiary/aromatic N) is 1. The highest BCUT2D eigenvalue weighted by Gasteiger charge is 2.17. The number of likely N-dealkylation sites (tertiary alicyclic amines) is 1. The van der Waals surface area contributed by atoms with Crippen LogP contribution >= 0.6 is 12.2 Å². The maximum atomic E-state index is 12.8. The van der Waals surface area contributed by atoms with E-state index in [0.717, 1.165) is 31.5 Å².